The molecule has 1 atom stereocenters. The number of benzene rings is 1. The predicted octanol–water partition coefficient (Wildman–Crippen LogP) is 1.47. The van der Waals surface area contributed by atoms with E-state index >= 15 is 0 Å². The van der Waals surface area contributed by atoms with Crippen LogP contribution in [0.1, 0.15) is 11.6 Å². The van der Waals surface area contributed by atoms with Gasteiger partial charge in [0.2, 0.25) is 5.91 Å². The Balaban J connectivity index is 2.76. The summed E-state index contributed by atoms with van der Waals surface area (Å²) in [5.74, 6) is 0.0769. The summed E-state index contributed by atoms with van der Waals surface area (Å²) in [4.78, 5) is 15.3. The number of likely N-dealkylation sites (N-methyl/N-ethyl adjacent to an activating group) is 2. The molecule has 1 rings (SSSR count). The third-order valence-corrected chi connectivity index (χ3v) is 3.42. The molecule has 0 aliphatic rings. The Morgan fingerprint density at radius 1 is 1.28 bits per heavy atom. The van der Waals surface area contributed by atoms with Crippen LogP contribution in [0.3, 0.4) is 0 Å². The fraction of sp³-hybridized carbons (Fsp3) is 0.462. The largest absolute Gasteiger partial charge is 0.348 e. The fourth-order valence-electron chi connectivity index (χ4n) is 1.72. The van der Waals surface area contributed by atoms with Crippen molar-refractivity contribution in [3.63, 3.8) is 0 Å². The van der Waals surface area contributed by atoms with E-state index in [-0.39, 0.29) is 11.9 Å². The van der Waals surface area contributed by atoms with Crippen molar-refractivity contribution >= 4 is 21.8 Å². The van der Waals surface area contributed by atoms with Gasteiger partial charge in [0, 0.05) is 31.2 Å². The lowest BCUT2D eigenvalue weighted by molar-refractivity contribution is -0.130. The van der Waals surface area contributed by atoms with Crippen molar-refractivity contribution in [2.45, 2.75) is 6.04 Å². The molecule has 0 aliphatic heterocycles. The normalized spacial score (nSPS) is 12.6. The van der Waals surface area contributed by atoms with Crippen molar-refractivity contribution in [3.8, 4) is 0 Å². The van der Waals surface area contributed by atoms with Gasteiger partial charge in [0.25, 0.3) is 0 Å². The molecule has 0 heterocycles. The van der Waals surface area contributed by atoms with Crippen molar-refractivity contribution < 1.29 is 4.79 Å². The lowest BCUT2D eigenvalue weighted by atomic mass is 10.1. The van der Waals surface area contributed by atoms with E-state index in [2.05, 4.69) is 15.9 Å². The summed E-state index contributed by atoms with van der Waals surface area (Å²) in [5, 5.41) is 0. The first-order valence-electron chi connectivity index (χ1n) is 5.81. The zero-order valence-electron chi connectivity index (χ0n) is 11.1. The molecule has 0 radical (unpaired) electrons. The van der Waals surface area contributed by atoms with Gasteiger partial charge < -0.3 is 10.6 Å². The molecule has 1 amide bonds. The Hall–Kier alpha value is -0.910. The van der Waals surface area contributed by atoms with E-state index in [1.165, 1.54) is 0 Å². The molecule has 0 spiro atoms. The van der Waals surface area contributed by atoms with E-state index in [1.54, 1.807) is 19.0 Å². The zero-order valence-corrected chi connectivity index (χ0v) is 12.6. The van der Waals surface area contributed by atoms with Crippen molar-refractivity contribution in [3.05, 3.63) is 34.3 Å². The maximum absolute atomic E-state index is 11.7. The summed E-state index contributed by atoms with van der Waals surface area (Å²) in [5.41, 5.74) is 6.94. The van der Waals surface area contributed by atoms with Crippen molar-refractivity contribution in [2.75, 3.05) is 34.2 Å². The second-order valence-corrected chi connectivity index (χ2v) is 5.42. The number of carbonyl (C=O) groups is 1. The van der Waals surface area contributed by atoms with Crippen LogP contribution in [0.25, 0.3) is 0 Å². The monoisotopic (exact) mass is 313 g/mol. The second kappa shape index (κ2) is 6.87. The van der Waals surface area contributed by atoms with Gasteiger partial charge in [-0.3, -0.25) is 9.69 Å². The summed E-state index contributed by atoms with van der Waals surface area (Å²) >= 11 is 3.41. The average molecular weight is 314 g/mol. The molecule has 0 saturated heterocycles. The van der Waals surface area contributed by atoms with Crippen LogP contribution < -0.4 is 5.73 Å². The summed E-state index contributed by atoms with van der Waals surface area (Å²) < 4.78 is 1.04. The molecule has 5 heteroatoms. The molecule has 100 valence electrons. The summed E-state index contributed by atoms with van der Waals surface area (Å²) in [6.07, 6.45) is 0. The molecular weight excluding hydrogens is 294 g/mol. The van der Waals surface area contributed by atoms with Gasteiger partial charge in [0.1, 0.15) is 0 Å². The molecule has 0 fully saturated rings. The standard InChI is InChI=1S/C13H20BrN3O/c1-16(2)13(18)9-17(3)12(8-15)10-4-6-11(14)7-5-10/h4-7,12H,8-9,15H2,1-3H3. The van der Waals surface area contributed by atoms with E-state index < -0.39 is 0 Å². The fourth-order valence-corrected chi connectivity index (χ4v) is 1.98. The van der Waals surface area contributed by atoms with E-state index in [0.717, 1.165) is 10.0 Å². The molecule has 18 heavy (non-hydrogen) atoms. The maximum Gasteiger partial charge on any atom is 0.236 e. The van der Waals surface area contributed by atoms with E-state index in [9.17, 15) is 4.79 Å². The van der Waals surface area contributed by atoms with Crippen LogP contribution in [-0.4, -0.2) is 49.9 Å². The number of nitrogens with two attached hydrogens (primary N) is 1. The first-order valence-corrected chi connectivity index (χ1v) is 6.61. The molecule has 0 saturated carbocycles. The Labute approximate surface area is 117 Å². The lowest BCUT2D eigenvalue weighted by Crippen LogP contribution is -2.38. The van der Waals surface area contributed by atoms with Crippen LogP contribution in [-0.2, 0) is 4.79 Å². The van der Waals surface area contributed by atoms with Crippen molar-refractivity contribution in [1.82, 2.24) is 9.80 Å². The molecule has 4 nitrogen and oxygen atoms in total. The van der Waals surface area contributed by atoms with Crippen molar-refractivity contribution in [2.24, 2.45) is 5.73 Å². The Kier molecular flexibility index (Phi) is 5.78. The number of hydrogen-bond donors (Lipinski definition) is 1. The SMILES string of the molecule is CN(C)C(=O)CN(C)C(CN)c1ccc(Br)cc1. The molecule has 0 aliphatic carbocycles. The Bertz CT molecular complexity index is 392. The minimum absolute atomic E-state index is 0.0574. The highest BCUT2D eigenvalue weighted by Crippen LogP contribution is 2.20. The van der Waals surface area contributed by atoms with Crippen LogP contribution in [0, 0.1) is 0 Å². The smallest absolute Gasteiger partial charge is 0.236 e. The van der Waals surface area contributed by atoms with Crippen LogP contribution in [0.2, 0.25) is 0 Å². The van der Waals surface area contributed by atoms with Gasteiger partial charge in [-0.1, -0.05) is 28.1 Å². The molecule has 0 aromatic heterocycles. The van der Waals surface area contributed by atoms with Gasteiger partial charge in [-0.2, -0.15) is 0 Å². The molecule has 2 N–H and O–H groups in total. The quantitative estimate of drug-likeness (QED) is 0.895. The molecule has 1 unspecified atom stereocenters. The Morgan fingerprint density at radius 3 is 2.28 bits per heavy atom. The number of nitrogens with zero attached hydrogens (tertiary/aromatic N) is 2. The van der Waals surface area contributed by atoms with Crippen LogP contribution in [0.15, 0.2) is 28.7 Å². The Morgan fingerprint density at radius 2 is 1.83 bits per heavy atom. The summed E-state index contributed by atoms with van der Waals surface area (Å²) in [6, 6.07) is 8.08. The maximum atomic E-state index is 11.7. The first-order chi connectivity index (χ1) is 8.45. The number of rotatable bonds is 5. The minimum atomic E-state index is 0.0574. The highest BCUT2D eigenvalue weighted by molar-refractivity contribution is 9.10. The number of amides is 1. The predicted molar refractivity (Wildman–Crippen MR) is 77.3 cm³/mol. The van der Waals surface area contributed by atoms with Crippen molar-refractivity contribution in [1.29, 1.82) is 0 Å². The highest BCUT2D eigenvalue weighted by atomic mass is 79.9. The van der Waals surface area contributed by atoms with Crippen LogP contribution in [0.5, 0.6) is 0 Å². The zero-order chi connectivity index (χ0) is 13.7. The minimum Gasteiger partial charge on any atom is -0.348 e. The lowest BCUT2D eigenvalue weighted by Gasteiger charge is -2.27. The number of hydrogen-bond acceptors (Lipinski definition) is 3. The molecule has 0 bridgehead atoms. The van der Waals surface area contributed by atoms with E-state index in [4.69, 9.17) is 5.73 Å². The number of carbonyl (C=O) groups excluding carboxylic acids is 1. The third-order valence-electron chi connectivity index (χ3n) is 2.89. The molecular formula is C13H20BrN3O. The van der Waals surface area contributed by atoms with Gasteiger partial charge in [-0.25, -0.2) is 0 Å². The topological polar surface area (TPSA) is 49.6 Å². The third kappa shape index (κ3) is 4.08. The van der Waals surface area contributed by atoms with Crippen LogP contribution in [0.4, 0.5) is 0 Å². The molecule has 1 aromatic rings. The number of halogens is 1. The van der Waals surface area contributed by atoms with Gasteiger partial charge in [-0.15, -0.1) is 0 Å². The first kappa shape index (κ1) is 15.1. The average Bonchev–Trinajstić information content (AvgIpc) is 2.32. The van der Waals surface area contributed by atoms with Gasteiger partial charge in [-0.05, 0) is 24.7 Å². The summed E-state index contributed by atoms with van der Waals surface area (Å²) in [7, 11) is 5.43. The summed E-state index contributed by atoms with van der Waals surface area (Å²) in [6.45, 7) is 0.851. The second-order valence-electron chi connectivity index (χ2n) is 4.51. The van der Waals surface area contributed by atoms with E-state index in [1.807, 2.05) is 36.2 Å². The van der Waals surface area contributed by atoms with Gasteiger partial charge in [0.15, 0.2) is 0 Å². The highest BCUT2D eigenvalue weighted by Gasteiger charge is 2.18. The van der Waals surface area contributed by atoms with Gasteiger partial charge in [0.05, 0.1) is 6.54 Å². The van der Waals surface area contributed by atoms with E-state index in [0.29, 0.717) is 13.1 Å². The van der Waals surface area contributed by atoms with Gasteiger partial charge >= 0.3 is 0 Å². The molecule has 1 aromatic carbocycles. The van der Waals surface area contributed by atoms with Crippen LogP contribution >= 0.6 is 15.9 Å².